The highest BCUT2D eigenvalue weighted by atomic mass is 16.5. The minimum Gasteiger partial charge on any atom is -0.388 e. The molecule has 1 aromatic heterocycles. The summed E-state index contributed by atoms with van der Waals surface area (Å²) >= 11 is 0. The number of aliphatic hydroxyl groups excluding tert-OH is 1. The number of aromatic nitrogens is 2. The average molecular weight is 272 g/mol. The zero-order valence-corrected chi connectivity index (χ0v) is 11.7. The van der Waals surface area contributed by atoms with E-state index in [2.05, 4.69) is 5.10 Å². The summed E-state index contributed by atoms with van der Waals surface area (Å²) in [6.45, 7) is 0. The molecule has 106 valence electrons. The SMILES string of the molecule is COC1(CC(O)c2cnn(-c3ccccc3)c2)CCC1. The molecule has 2 aromatic rings. The molecular weight excluding hydrogens is 252 g/mol. The molecule has 0 amide bonds. The lowest BCUT2D eigenvalue weighted by Gasteiger charge is -2.41. The molecule has 1 saturated carbocycles. The summed E-state index contributed by atoms with van der Waals surface area (Å²) in [5.41, 5.74) is 1.71. The molecule has 1 aromatic carbocycles. The van der Waals surface area contributed by atoms with Crippen molar-refractivity contribution in [2.24, 2.45) is 0 Å². The van der Waals surface area contributed by atoms with Gasteiger partial charge in [-0.2, -0.15) is 5.10 Å². The van der Waals surface area contributed by atoms with Gasteiger partial charge in [-0.1, -0.05) is 18.2 Å². The highest BCUT2D eigenvalue weighted by molar-refractivity contribution is 5.31. The number of benzene rings is 1. The quantitative estimate of drug-likeness (QED) is 0.910. The van der Waals surface area contributed by atoms with Gasteiger partial charge in [0, 0.05) is 25.3 Å². The third-order valence-electron chi connectivity index (χ3n) is 4.27. The molecule has 0 saturated heterocycles. The molecule has 3 rings (SSSR count). The van der Waals surface area contributed by atoms with E-state index in [0.717, 1.165) is 24.1 Å². The lowest BCUT2D eigenvalue weighted by molar-refractivity contribution is -0.0999. The molecule has 1 fully saturated rings. The predicted octanol–water partition coefficient (Wildman–Crippen LogP) is 2.86. The standard InChI is InChI=1S/C16H20N2O2/c1-20-16(8-5-9-16)10-15(19)13-11-17-18(12-13)14-6-3-2-4-7-14/h2-4,6-7,11-12,15,19H,5,8-10H2,1H3. The van der Waals surface area contributed by atoms with Gasteiger partial charge in [-0.25, -0.2) is 4.68 Å². The van der Waals surface area contributed by atoms with E-state index < -0.39 is 6.10 Å². The Morgan fingerprint density at radius 2 is 2.10 bits per heavy atom. The van der Waals surface area contributed by atoms with E-state index in [4.69, 9.17) is 4.74 Å². The van der Waals surface area contributed by atoms with Crippen molar-refractivity contribution in [2.75, 3.05) is 7.11 Å². The van der Waals surface area contributed by atoms with E-state index in [0.29, 0.717) is 6.42 Å². The van der Waals surface area contributed by atoms with E-state index in [1.807, 2.05) is 36.5 Å². The van der Waals surface area contributed by atoms with Crippen LogP contribution in [0.15, 0.2) is 42.7 Å². The maximum Gasteiger partial charge on any atom is 0.0848 e. The molecule has 4 heteroatoms. The number of hydrogen-bond acceptors (Lipinski definition) is 3. The second-order valence-electron chi connectivity index (χ2n) is 5.51. The van der Waals surface area contributed by atoms with Crippen LogP contribution in [0.3, 0.4) is 0 Å². The first kappa shape index (κ1) is 13.3. The maximum atomic E-state index is 10.4. The van der Waals surface area contributed by atoms with Crippen molar-refractivity contribution in [1.29, 1.82) is 0 Å². The van der Waals surface area contributed by atoms with Crippen LogP contribution in [0.4, 0.5) is 0 Å². The molecular formula is C16H20N2O2. The number of aliphatic hydroxyl groups is 1. The van der Waals surface area contributed by atoms with Gasteiger partial charge < -0.3 is 9.84 Å². The van der Waals surface area contributed by atoms with Gasteiger partial charge >= 0.3 is 0 Å². The Hall–Kier alpha value is -1.65. The fourth-order valence-electron chi connectivity index (χ4n) is 2.76. The largest absolute Gasteiger partial charge is 0.388 e. The van der Waals surface area contributed by atoms with Gasteiger partial charge in [0.25, 0.3) is 0 Å². The van der Waals surface area contributed by atoms with Gasteiger partial charge in [0.2, 0.25) is 0 Å². The molecule has 0 aliphatic heterocycles. The lowest BCUT2D eigenvalue weighted by Crippen LogP contribution is -2.40. The average Bonchev–Trinajstić information content (AvgIpc) is 2.93. The van der Waals surface area contributed by atoms with E-state index >= 15 is 0 Å². The van der Waals surface area contributed by atoms with E-state index in [-0.39, 0.29) is 5.60 Å². The molecule has 4 nitrogen and oxygen atoms in total. The molecule has 0 radical (unpaired) electrons. The van der Waals surface area contributed by atoms with Crippen LogP contribution < -0.4 is 0 Å². The third kappa shape index (κ3) is 2.49. The highest BCUT2D eigenvalue weighted by Gasteiger charge is 2.39. The Labute approximate surface area is 119 Å². The van der Waals surface area contributed by atoms with Crippen molar-refractivity contribution < 1.29 is 9.84 Å². The molecule has 0 spiro atoms. The minimum atomic E-state index is -0.521. The topological polar surface area (TPSA) is 47.3 Å². The van der Waals surface area contributed by atoms with E-state index in [1.165, 1.54) is 6.42 Å². The van der Waals surface area contributed by atoms with Gasteiger partial charge in [0.05, 0.1) is 23.6 Å². The number of hydrogen-bond donors (Lipinski definition) is 1. The first-order valence-electron chi connectivity index (χ1n) is 7.06. The van der Waals surface area contributed by atoms with E-state index in [1.54, 1.807) is 18.0 Å². The van der Waals surface area contributed by atoms with Crippen LogP contribution in [-0.2, 0) is 4.74 Å². The number of ether oxygens (including phenoxy) is 1. The number of para-hydroxylation sites is 1. The second-order valence-corrected chi connectivity index (χ2v) is 5.51. The van der Waals surface area contributed by atoms with E-state index in [9.17, 15) is 5.11 Å². The van der Waals surface area contributed by atoms with Crippen LogP contribution in [-0.4, -0.2) is 27.6 Å². The summed E-state index contributed by atoms with van der Waals surface area (Å²) in [7, 11) is 1.74. The van der Waals surface area contributed by atoms with Crippen LogP contribution in [0.2, 0.25) is 0 Å². The Balaban J connectivity index is 1.73. The zero-order chi connectivity index (χ0) is 14.0. The van der Waals surface area contributed by atoms with Crippen LogP contribution in [0.25, 0.3) is 5.69 Å². The summed E-state index contributed by atoms with van der Waals surface area (Å²) in [4.78, 5) is 0. The van der Waals surface area contributed by atoms with Gasteiger partial charge in [-0.15, -0.1) is 0 Å². The lowest BCUT2D eigenvalue weighted by atomic mass is 9.75. The smallest absolute Gasteiger partial charge is 0.0848 e. The summed E-state index contributed by atoms with van der Waals surface area (Å²) < 4.78 is 7.36. The molecule has 1 atom stereocenters. The summed E-state index contributed by atoms with van der Waals surface area (Å²) in [6.07, 6.45) is 7.00. The predicted molar refractivity (Wildman–Crippen MR) is 76.7 cm³/mol. The summed E-state index contributed by atoms with van der Waals surface area (Å²) in [5.74, 6) is 0. The highest BCUT2D eigenvalue weighted by Crippen LogP contribution is 2.41. The molecule has 20 heavy (non-hydrogen) atoms. The number of methoxy groups -OCH3 is 1. The Kier molecular flexibility index (Phi) is 3.59. The Morgan fingerprint density at radius 3 is 2.70 bits per heavy atom. The maximum absolute atomic E-state index is 10.4. The Bertz CT molecular complexity index is 555. The van der Waals surface area contributed by atoms with Crippen molar-refractivity contribution in [3.05, 3.63) is 48.3 Å². The van der Waals surface area contributed by atoms with Gasteiger partial charge in [-0.3, -0.25) is 0 Å². The van der Waals surface area contributed by atoms with Crippen molar-refractivity contribution >= 4 is 0 Å². The Morgan fingerprint density at radius 1 is 1.35 bits per heavy atom. The first-order valence-corrected chi connectivity index (χ1v) is 7.06. The van der Waals surface area contributed by atoms with Gasteiger partial charge in [0.15, 0.2) is 0 Å². The monoisotopic (exact) mass is 272 g/mol. The molecule has 1 aliphatic carbocycles. The number of rotatable bonds is 5. The van der Waals surface area contributed by atoms with Crippen LogP contribution in [0.1, 0.15) is 37.4 Å². The fraction of sp³-hybridized carbons (Fsp3) is 0.438. The van der Waals surface area contributed by atoms with Crippen LogP contribution in [0.5, 0.6) is 0 Å². The molecule has 1 aliphatic rings. The summed E-state index contributed by atoms with van der Waals surface area (Å²) in [6, 6.07) is 9.90. The van der Waals surface area contributed by atoms with Crippen molar-refractivity contribution in [2.45, 2.75) is 37.4 Å². The zero-order valence-electron chi connectivity index (χ0n) is 11.7. The normalized spacial score (nSPS) is 18.5. The van der Waals surface area contributed by atoms with Crippen LogP contribution >= 0.6 is 0 Å². The van der Waals surface area contributed by atoms with Crippen LogP contribution in [0, 0.1) is 0 Å². The third-order valence-corrected chi connectivity index (χ3v) is 4.27. The number of nitrogens with zero attached hydrogens (tertiary/aromatic N) is 2. The molecule has 1 heterocycles. The van der Waals surface area contributed by atoms with Crippen molar-refractivity contribution in [1.82, 2.24) is 9.78 Å². The van der Waals surface area contributed by atoms with Gasteiger partial charge in [0.1, 0.15) is 0 Å². The molecule has 0 bridgehead atoms. The second kappa shape index (κ2) is 5.38. The minimum absolute atomic E-state index is 0.131. The fourth-order valence-corrected chi connectivity index (χ4v) is 2.76. The van der Waals surface area contributed by atoms with Gasteiger partial charge in [-0.05, 0) is 31.4 Å². The first-order chi connectivity index (χ1) is 9.72. The van der Waals surface area contributed by atoms with Crippen molar-refractivity contribution in [3.63, 3.8) is 0 Å². The molecule has 1 N–H and O–H groups in total. The summed E-state index contributed by atoms with van der Waals surface area (Å²) in [5, 5.41) is 14.7. The molecule has 1 unspecified atom stereocenters. The van der Waals surface area contributed by atoms with Crippen molar-refractivity contribution in [3.8, 4) is 5.69 Å².